The van der Waals surface area contributed by atoms with Crippen LogP contribution in [0.5, 0.6) is 0 Å². The monoisotopic (exact) mass is 340 g/mol. The summed E-state index contributed by atoms with van der Waals surface area (Å²) in [6, 6.07) is 7.88. The van der Waals surface area contributed by atoms with Crippen molar-refractivity contribution in [2.75, 3.05) is 0 Å². The Morgan fingerprint density at radius 2 is 1.85 bits per heavy atom. The molecule has 0 radical (unpaired) electrons. The Hall–Kier alpha value is -1.14. The fraction of sp³-hybridized carbons (Fsp3) is 0. The second kappa shape index (κ2) is 5.69. The summed E-state index contributed by atoms with van der Waals surface area (Å²) in [6.45, 7) is 0. The van der Waals surface area contributed by atoms with Crippen LogP contribution in [0.15, 0.2) is 55.2 Å². The van der Waals surface area contributed by atoms with E-state index in [1.165, 1.54) is 24.1 Å². The van der Waals surface area contributed by atoms with Crippen molar-refractivity contribution >= 4 is 68.2 Å². The van der Waals surface area contributed by atoms with E-state index in [0.717, 1.165) is 14.6 Å². The van der Waals surface area contributed by atoms with Crippen LogP contribution in [0.4, 0.5) is 0 Å². The number of thiazole rings is 1. The van der Waals surface area contributed by atoms with Gasteiger partial charge in [-0.2, -0.15) is 0 Å². The van der Waals surface area contributed by atoms with E-state index in [-0.39, 0.29) is 15.8 Å². The number of ketones is 1. The molecule has 0 aliphatic heterocycles. The highest BCUT2D eigenvalue weighted by molar-refractivity contribution is 8.00. The maximum Gasteiger partial charge on any atom is 0.215 e. The minimum absolute atomic E-state index is 0.0705. The van der Waals surface area contributed by atoms with Crippen LogP contribution in [-0.2, 0) is 4.79 Å². The van der Waals surface area contributed by atoms with Crippen LogP contribution in [-0.4, -0.2) is 16.5 Å². The second-order valence-electron chi connectivity index (χ2n) is 3.87. The van der Waals surface area contributed by atoms with Gasteiger partial charge in [0.2, 0.25) is 5.78 Å². The summed E-state index contributed by atoms with van der Waals surface area (Å²) < 4.78 is 6.22. The number of benzene rings is 1. The normalized spacial score (nSPS) is 15.3. The standard InChI is InChI=1S/C13H6Cl2N2OS2/c14-8-5-7(6-9(15)12(8)18)17-20-13-16-10-3-1-2-4-11(10)19-13/h1-6H. The van der Waals surface area contributed by atoms with Crippen molar-refractivity contribution in [2.45, 2.75) is 4.34 Å². The summed E-state index contributed by atoms with van der Waals surface area (Å²) in [5, 5.41) is 0.141. The highest BCUT2D eigenvalue weighted by Gasteiger charge is 2.17. The van der Waals surface area contributed by atoms with Gasteiger partial charge in [-0.3, -0.25) is 4.79 Å². The highest BCUT2D eigenvalue weighted by atomic mass is 35.5. The van der Waals surface area contributed by atoms with Gasteiger partial charge in [0.15, 0.2) is 4.34 Å². The molecule has 1 aliphatic rings. The number of hydrogen-bond acceptors (Lipinski definition) is 5. The van der Waals surface area contributed by atoms with Crippen molar-refractivity contribution in [3.63, 3.8) is 0 Å². The third-order valence-corrected chi connectivity index (χ3v) is 4.90. The fourth-order valence-corrected chi connectivity index (χ4v) is 3.71. The summed E-state index contributed by atoms with van der Waals surface area (Å²) in [7, 11) is 0. The number of fused-ring (bicyclic) bond motifs is 1. The summed E-state index contributed by atoms with van der Waals surface area (Å²) in [4.78, 5) is 15.8. The highest BCUT2D eigenvalue weighted by Crippen LogP contribution is 2.30. The molecule has 3 nitrogen and oxygen atoms in total. The van der Waals surface area contributed by atoms with Crippen molar-refractivity contribution in [1.29, 1.82) is 0 Å². The molecule has 0 spiro atoms. The molecule has 0 fully saturated rings. The molecule has 100 valence electrons. The average Bonchev–Trinajstić information content (AvgIpc) is 2.85. The molecule has 7 heteroatoms. The number of hydrogen-bond donors (Lipinski definition) is 0. The largest absolute Gasteiger partial charge is 0.287 e. The molecular weight excluding hydrogens is 335 g/mol. The first-order chi connectivity index (χ1) is 9.63. The number of allylic oxidation sites excluding steroid dienone is 4. The summed E-state index contributed by atoms with van der Waals surface area (Å²) in [5.74, 6) is -0.378. The van der Waals surface area contributed by atoms with Gasteiger partial charge in [0.25, 0.3) is 0 Å². The van der Waals surface area contributed by atoms with E-state index >= 15 is 0 Å². The molecule has 20 heavy (non-hydrogen) atoms. The van der Waals surface area contributed by atoms with Crippen LogP contribution >= 0.6 is 46.5 Å². The molecule has 0 bridgehead atoms. The van der Waals surface area contributed by atoms with Crippen LogP contribution in [0.25, 0.3) is 10.2 Å². The Bertz CT molecular complexity index is 736. The number of aromatic nitrogens is 1. The molecule has 0 amide bonds. The molecule has 2 aromatic rings. The predicted molar refractivity (Wildman–Crippen MR) is 85.8 cm³/mol. The number of carbonyl (C=O) groups excluding carboxylic acids is 1. The van der Waals surface area contributed by atoms with E-state index in [0.29, 0.717) is 5.71 Å². The number of rotatable bonds is 2. The maximum atomic E-state index is 11.4. The summed E-state index contributed by atoms with van der Waals surface area (Å²) in [6.07, 6.45) is 2.99. The zero-order valence-corrected chi connectivity index (χ0v) is 13.0. The van der Waals surface area contributed by atoms with E-state index in [9.17, 15) is 4.79 Å². The van der Waals surface area contributed by atoms with E-state index < -0.39 is 0 Å². The number of carbonyl (C=O) groups is 1. The molecule has 0 saturated heterocycles. The third kappa shape index (κ3) is 2.81. The van der Waals surface area contributed by atoms with Gasteiger partial charge in [0.05, 0.1) is 26.0 Å². The van der Waals surface area contributed by atoms with E-state index in [2.05, 4.69) is 9.38 Å². The van der Waals surface area contributed by atoms with Crippen LogP contribution in [0, 0.1) is 0 Å². The zero-order chi connectivity index (χ0) is 14.1. The van der Waals surface area contributed by atoms with Gasteiger partial charge in [0.1, 0.15) is 0 Å². The molecule has 3 rings (SSSR count). The van der Waals surface area contributed by atoms with Gasteiger partial charge in [-0.1, -0.05) is 35.3 Å². The summed E-state index contributed by atoms with van der Waals surface area (Å²) in [5.41, 5.74) is 1.49. The predicted octanol–water partition coefficient (Wildman–Crippen LogP) is 4.57. The lowest BCUT2D eigenvalue weighted by Gasteiger charge is -2.04. The fourth-order valence-electron chi connectivity index (χ4n) is 1.58. The van der Waals surface area contributed by atoms with Crippen molar-refractivity contribution in [1.82, 2.24) is 4.98 Å². The maximum absolute atomic E-state index is 11.4. The average molecular weight is 341 g/mol. The van der Waals surface area contributed by atoms with Gasteiger partial charge in [-0.25, -0.2) is 9.38 Å². The van der Waals surface area contributed by atoms with Crippen molar-refractivity contribution in [2.24, 2.45) is 4.40 Å². The first-order valence-corrected chi connectivity index (χ1v) is 7.88. The zero-order valence-electron chi connectivity index (χ0n) is 9.84. The first kappa shape index (κ1) is 13.8. The minimum atomic E-state index is -0.378. The number of para-hydroxylation sites is 1. The Morgan fingerprint density at radius 3 is 2.55 bits per heavy atom. The lowest BCUT2D eigenvalue weighted by molar-refractivity contribution is -0.111. The smallest absolute Gasteiger partial charge is 0.215 e. The molecule has 1 aliphatic carbocycles. The lowest BCUT2D eigenvalue weighted by atomic mass is 10.1. The van der Waals surface area contributed by atoms with Crippen LogP contribution in [0.1, 0.15) is 0 Å². The Kier molecular flexibility index (Phi) is 3.94. The quantitative estimate of drug-likeness (QED) is 0.593. The molecule has 1 heterocycles. The third-order valence-electron chi connectivity index (χ3n) is 2.49. The van der Waals surface area contributed by atoms with Crippen molar-refractivity contribution < 1.29 is 4.79 Å². The SMILES string of the molecule is O=C1C(Cl)=CC(=NSc2nc3ccccc3s2)C=C1Cl. The number of Topliss-reactive ketones (excluding diaryl/α,β-unsaturated/α-hetero) is 1. The number of halogens is 2. The molecule has 1 aromatic carbocycles. The van der Waals surface area contributed by atoms with E-state index in [1.807, 2.05) is 24.3 Å². The molecular formula is C13H6Cl2N2OS2. The summed E-state index contributed by atoms with van der Waals surface area (Å²) >= 11 is 14.4. The Balaban J connectivity index is 1.85. The van der Waals surface area contributed by atoms with Crippen LogP contribution < -0.4 is 0 Å². The minimum Gasteiger partial charge on any atom is -0.287 e. The second-order valence-corrected chi connectivity index (χ2v) is 6.72. The molecule has 0 saturated carbocycles. The van der Waals surface area contributed by atoms with Gasteiger partial charge in [-0.15, -0.1) is 11.3 Å². The van der Waals surface area contributed by atoms with Gasteiger partial charge in [-0.05, 0) is 24.3 Å². The Morgan fingerprint density at radius 1 is 1.15 bits per heavy atom. The Labute approximate surface area is 133 Å². The molecule has 0 unspecified atom stereocenters. The van der Waals surface area contributed by atoms with Crippen LogP contribution in [0.3, 0.4) is 0 Å². The van der Waals surface area contributed by atoms with Gasteiger partial charge < -0.3 is 0 Å². The van der Waals surface area contributed by atoms with Gasteiger partial charge in [0, 0.05) is 11.9 Å². The van der Waals surface area contributed by atoms with E-state index in [1.54, 1.807) is 11.3 Å². The lowest BCUT2D eigenvalue weighted by Crippen LogP contribution is -2.07. The van der Waals surface area contributed by atoms with Crippen molar-refractivity contribution in [3.05, 3.63) is 46.5 Å². The molecule has 0 atom stereocenters. The van der Waals surface area contributed by atoms with Crippen LogP contribution in [0.2, 0.25) is 0 Å². The topological polar surface area (TPSA) is 42.3 Å². The van der Waals surface area contributed by atoms with Crippen molar-refractivity contribution in [3.8, 4) is 0 Å². The number of nitrogens with zero attached hydrogens (tertiary/aromatic N) is 2. The van der Waals surface area contributed by atoms with Gasteiger partial charge >= 0.3 is 0 Å². The molecule has 0 N–H and O–H groups in total. The molecule has 1 aromatic heterocycles. The first-order valence-electron chi connectivity index (χ1n) is 5.53. The van der Waals surface area contributed by atoms with E-state index in [4.69, 9.17) is 23.2 Å².